The molecule has 2 saturated heterocycles. The number of hydrogen-bond donors (Lipinski definition) is 1. The molecule has 2 aliphatic heterocycles. The Labute approximate surface area is 162 Å². The van der Waals surface area contributed by atoms with E-state index in [1.807, 2.05) is 30.3 Å². The van der Waals surface area contributed by atoms with Crippen molar-refractivity contribution < 1.29 is 24.2 Å². The smallest absolute Gasteiger partial charge is 0.411 e. The summed E-state index contributed by atoms with van der Waals surface area (Å²) in [4.78, 5) is 39.3. The Morgan fingerprint density at radius 2 is 2.00 bits per heavy atom. The van der Waals surface area contributed by atoms with Gasteiger partial charge in [0.1, 0.15) is 12.6 Å². The topological polar surface area (TPSA) is 87.2 Å². The summed E-state index contributed by atoms with van der Waals surface area (Å²) in [5.41, 5.74) is 0.849. The molecule has 3 atom stereocenters. The lowest BCUT2D eigenvalue weighted by Gasteiger charge is -2.38. The van der Waals surface area contributed by atoms with Crippen molar-refractivity contribution in [1.82, 2.24) is 9.80 Å². The summed E-state index contributed by atoms with van der Waals surface area (Å²) in [6.07, 6.45) is 1.10. The zero-order valence-electron chi connectivity index (χ0n) is 15.2. The third-order valence-corrected chi connectivity index (χ3v) is 6.50. The maximum absolute atomic E-state index is 12.7. The normalized spacial score (nSPS) is 25.3. The predicted octanol–water partition coefficient (Wildman–Crippen LogP) is 2.41. The Morgan fingerprint density at radius 3 is 2.67 bits per heavy atom. The molecular formula is C19H24N2O5S. The highest BCUT2D eigenvalue weighted by Crippen LogP contribution is 2.38. The van der Waals surface area contributed by atoms with Crippen molar-refractivity contribution >= 4 is 29.7 Å². The molecular weight excluding hydrogens is 368 g/mol. The van der Waals surface area contributed by atoms with Crippen LogP contribution in [0.3, 0.4) is 0 Å². The fourth-order valence-electron chi connectivity index (χ4n) is 3.63. The van der Waals surface area contributed by atoms with Gasteiger partial charge in [-0.2, -0.15) is 0 Å². The van der Waals surface area contributed by atoms with E-state index < -0.39 is 18.1 Å². The third kappa shape index (κ3) is 4.55. The van der Waals surface area contributed by atoms with E-state index >= 15 is 0 Å². The van der Waals surface area contributed by atoms with Crippen LogP contribution in [-0.4, -0.2) is 63.1 Å². The lowest BCUT2D eigenvalue weighted by molar-refractivity contribution is -0.142. The van der Waals surface area contributed by atoms with E-state index in [-0.39, 0.29) is 23.8 Å². The molecule has 2 unspecified atom stereocenters. The maximum atomic E-state index is 12.7. The molecule has 8 heteroatoms. The third-order valence-electron chi connectivity index (χ3n) is 5.04. The van der Waals surface area contributed by atoms with E-state index in [1.165, 1.54) is 23.6 Å². The number of nitrogens with zero attached hydrogens (tertiary/aromatic N) is 2. The second kappa shape index (κ2) is 8.65. The summed E-state index contributed by atoms with van der Waals surface area (Å²) in [6.45, 7) is 2.89. The van der Waals surface area contributed by atoms with Gasteiger partial charge in [0.25, 0.3) is 0 Å². The summed E-state index contributed by atoms with van der Waals surface area (Å²) >= 11 is 1.46. The number of carbonyl (C=O) groups excluding carboxylic acids is 2. The lowest BCUT2D eigenvalue weighted by atomic mass is 9.96. The zero-order valence-corrected chi connectivity index (χ0v) is 16.1. The van der Waals surface area contributed by atoms with E-state index in [1.54, 1.807) is 4.90 Å². The first kappa shape index (κ1) is 19.5. The number of ether oxygens (including phenoxy) is 1. The minimum atomic E-state index is -1.03. The van der Waals surface area contributed by atoms with Gasteiger partial charge in [-0.3, -0.25) is 9.69 Å². The molecule has 0 bridgehead atoms. The van der Waals surface area contributed by atoms with Crippen molar-refractivity contribution in [3.63, 3.8) is 0 Å². The number of carboxylic acid groups (broad SMARTS) is 1. The number of rotatable bonds is 4. The van der Waals surface area contributed by atoms with Crippen LogP contribution in [0.4, 0.5) is 4.79 Å². The van der Waals surface area contributed by atoms with E-state index in [2.05, 4.69) is 0 Å². The average molecular weight is 392 g/mol. The summed E-state index contributed by atoms with van der Waals surface area (Å²) in [7, 11) is 0. The van der Waals surface area contributed by atoms with Crippen LogP contribution in [0.15, 0.2) is 30.3 Å². The highest BCUT2D eigenvalue weighted by Gasteiger charge is 2.46. The minimum Gasteiger partial charge on any atom is -0.480 e. The molecule has 1 N–H and O–H groups in total. The van der Waals surface area contributed by atoms with Gasteiger partial charge in [-0.1, -0.05) is 30.3 Å². The first-order valence-electron chi connectivity index (χ1n) is 9.06. The first-order valence-corrected chi connectivity index (χ1v) is 10.1. The first-order chi connectivity index (χ1) is 13.0. The Hall–Kier alpha value is -2.22. The number of amides is 2. The molecule has 146 valence electrons. The van der Waals surface area contributed by atoms with Crippen LogP contribution < -0.4 is 0 Å². The van der Waals surface area contributed by atoms with Crippen LogP contribution in [0.5, 0.6) is 0 Å². The van der Waals surface area contributed by atoms with Gasteiger partial charge >= 0.3 is 12.1 Å². The van der Waals surface area contributed by atoms with Crippen molar-refractivity contribution in [1.29, 1.82) is 0 Å². The van der Waals surface area contributed by atoms with Gasteiger partial charge in [-0.15, -0.1) is 11.8 Å². The van der Waals surface area contributed by atoms with E-state index in [0.29, 0.717) is 18.8 Å². The Kier molecular flexibility index (Phi) is 6.26. The van der Waals surface area contributed by atoms with Gasteiger partial charge in [0.2, 0.25) is 5.91 Å². The molecule has 0 aliphatic carbocycles. The number of thioether (sulfide) groups is 1. The molecule has 2 aliphatic rings. The molecule has 3 rings (SSSR count). The zero-order chi connectivity index (χ0) is 19.4. The molecule has 0 aromatic heterocycles. The number of aliphatic carboxylic acids is 1. The van der Waals surface area contributed by atoms with Gasteiger partial charge in [0, 0.05) is 31.7 Å². The summed E-state index contributed by atoms with van der Waals surface area (Å²) in [5.74, 6) is -0.644. The van der Waals surface area contributed by atoms with Gasteiger partial charge in [0.05, 0.1) is 5.37 Å². The predicted molar refractivity (Wildman–Crippen MR) is 101 cm³/mol. The Morgan fingerprint density at radius 1 is 1.26 bits per heavy atom. The SMILES string of the molecule is CC(=O)N1CCCC([C@H]2SCC(C(=O)O)N2C(=O)OCc2ccccc2)C1. The average Bonchev–Trinajstić information content (AvgIpc) is 3.12. The van der Waals surface area contributed by atoms with Gasteiger partial charge in [-0.05, 0) is 18.4 Å². The van der Waals surface area contributed by atoms with Crippen LogP contribution in [0.2, 0.25) is 0 Å². The molecule has 0 saturated carbocycles. The number of hydrogen-bond acceptors (Lipinski definition) is 5. The molecule has 2 amide bonds. The van der Waals surface area contributed by atoms with Crippen molar-refractivity contribution in [3.8, 4) is 0 Å². The summed E-state index contributed by atoms with van der Waals surface area (Å²) < 4.78 is 5.42. The minimum absolute atomic E-state index is 0.00989. The second-order valence-corrected chi connectivity index (χ2v) is 8.04. The Balaban J connectivity index is 1.72. The van der Waals surface area contributed by atoms with Crippen LogP contribution in [-0.2, 0) is 20.9 Å². The number of carboxylic acids is 1. The largest absolute Gasteiger partial charge is 0.480 e. The van der Waals surface area contributed by atoms with Crippen LogP contribution >= 0.6 is 11.8 Å². The second-order valence-electron chi connectivity index (χ2n) is 6.89. The lowest BCUT2D eigenvalue weighted by Crippen LogP contribution is -2.51. The number of piperidine rings is 1. The molecule has 0 spiro atoms. The van der Waals surface area contributed by atoms with Crippen molar-refractivity contribution in [2.24, 2.45) is 5.92 Å². The fourth-order valence-corrected chi connectivity index (χ4v) is 5.21. The van der Waals surface area contributed by atoms with Gasteiger partial charge in [0.15, 0.2) is 0 Å². The van der Waals surface area contributed by atoms with E-state index in [0.717, 1.165) is 18.4 Å². The van der Waals surface area contributed by atoms with Crippen molar-refractivity contribution in [3.05, 3.63) is 35.9 Å². The van der Waals surface area contributed by atoms with Gasteiger partial charge in [-0.25, -0.2) is 9.59 Å². The summed E-state index contributed by atoms with van der Waals surface area (Å²) in [5, 5.41) is 9.25. The maximum Gasteiger partial charge on any atom is 0.411 e. The molecule has 2 heterocycles. The monoisotopic (exact) mass is 392 g/mol. The van der Waals surface area contributed by atoms with Crippen LogP contribution in [0, 0.1) is 5.92 Å². The number of likely N-dealkylation sites (tertiary alicyclic amines) is 1. The fraction of sp³-hybridized carbons (Fsp3) is 0.526. The van der Waals surface area contributed by atoms with E-state index in [4.69, 9.17) is 4.74 Å². The highest BCUT2D eigenvalue weighted by atomic mass is 32.2. The number of carbonyl (C=O) groups is 3. The number of benzene rings is 1. The molecule has 2 fully saturated rings. The van der Waals surface area contributed by atoms with Gasteiger partial charge < -0.3 is 14.7 Å². The van der Waals surface area contributed by atoms with E-state index in [9.17, 15) is 19.5 Å². The Bertz CT molecular complexity index is 699. The van der Waals surface area contributed by atoms with Crippen LogP contribution in [0.25, 0.3) is 0 Å². The molecule has 1 aromatic carbocycles. The molecule has 27 heavy (non-hydrogen) atoms. The standard InChI is InChI=1S/C19H24N2O5S/c1-13(22)20-9-5-8-15(10-20)17-21(16(12-27-17)18(23)24)19(25)26-11-14-6-3-2-4-7-14/h2-4,6-7,15-17H,5,8-12H2,1H3,(H,23,24)/t15?,16?,17-/m1/s1. The molecule has 0 radical (unpaired) electrons. The molecule has 7 nitrogen and oxygen atoms in total. The summed E-state index contributed by atoms with van der Waals surface area (Å²) in [6, 6.07) is 8.39. The van der Waals surface area contributed by atoms with Crippen molar-refractivity contribution in [2.75, 3.05) is 18.8 Å². The van der Waals surface area contributed by atoms with Crippen molar-refractivity contribution in [2.45, 2.75) is 37.8 Å². The quantitative estimate of drug-likeness (QED) is 0.847. The molecule has 1 aromatic rings. The van der Waals surface area contributed by atoms with Crippen LogP contribution in [0.1, 0.15) is 25.3 Å². The highest BCUT2D eigenvalue weighted by molar-refractivity contribution is 8.00.